The summed E-state index contributed by atoms with van der Waals surface area (Å²) >= 11 is 2.18. The van der Waals surface area contributed by atoms with Gasteiger partial charge in [0.05, 0.1) is 0 Å². The molecule has 0 aliphatic rings. The summed E-state index contributed by atoms with van der Waals surface area (Å²) in [7, 11) is -2.17. The van der Waals surface area contributed by atoms with Gasteiger partial charge in [0.2, 0.25) is 0 Å². The zero-order valence-corrected chi connectivity index (χ0v) is 9.58. The van der Waals surface area contributed by atoms with Crippen LogP contribution in [0.4, 0.5) is 0 Å². The second kappa shape index (κ2) is 18.9. The van der Waals surface area contributed by atoms with Gasteiger partial charge in [0.1, 0.15) is 0 Å². The minimum absolute atomic E-state index is 0. The van der Waals surface area contributed by atoms with Gasteiger partial charge < -0.3 is 32.2 Å². The van der Waals surface area contributed by atoms with E-state index in [4.69, 9.17) is 34.9 Å². The number of aliphatic carboxylic acids is 2. The molecule has 0 saturated carbocycles. The summed E-state index contributed by atoms with van der Waals surface area (Å²) in [6, 6.07) is 0. The maximum Gasteiger partial charge on any atom is 1.00 e. The number of alkyl halides is 1. The Balaban J connectivity index is -0.0000000553. The van der Waals surface area contributed by atoms with Gasteiger partial charge in [-0.25, -0.2) is 9.59 Å². The number of carboxylic acids is 2. The van der Waals surface area contributed by atoms with Gasteiger partial charge in [-0.2, -0.15) is 0 Å². The third-order valence-electron chi connectivity index (χ3n) is 0.183. The molecule has 0 aromatic heterocycles. The first-order valence-corrected chi connectivity index (χ1v) is 4.17. The van der Waals surface area contributed by atoms with Gasteiger partial charge in [-0.3, -0.25) is 0 Å². The quantitative estimate of drug-likeness (QED) is 0.0997. The van der Waals surface area contributed by atoms with Gasteiger partial charge in [-0.1, -0.05) is 0 Å². The van der Waals surface area contributed by atoms with Crippen LogP contribution in [0, 0.1) is 6.92 Å². The van der Waals surface area contributed by atoms with Crippen LogP contribution in [-0.4, -0.2) is 49.0 Å². The molecule has 0 spiro atoms. The minimum Gasteiger partial charge on any atom is -0.473 e. The Bertz CT molecular complexity index is 129. The van der Waals surface area contributed by atoms with E-state index in [1.165, 1.54) is 0 Å². The molecule has 0 aromatic rings. The van der Waals surface area contributed by atoms with Crippen molar-refractivity contribution < 1.29 is 53.7 Å². The van der Waals surface area contributed by atoms with Crippen molar-refractivity contribution >= 4 is 41.9 Å². The van der Waals surface area contributed by atoms with E-state index < -0.39 is 19.3 Å². The van der Waals surface area contributed by atoms with Gasteiger partial charge in [-0.15, -0.1) is 27.0 Å². The number of halogens is 1. The van der Waals surface area contributed by atoms with Crippen molar-refractivity contribution in [1.82, 2.24) is 0 Å². The standard InChI is InChI=1S/C2H4I.C2H2O4.BH3O3.Li/c1-2-3;3-1(4)2(5)6;2-1(3)4;/h1-2H2;(H,3,4)(H,5,6);2-4H;/q-1;;;+1. The predicted octanol–water partition coefficient (Wildman–Crippen LogP) is -4.64. The van der Waals surface area contributed by atoms with E-state index in [2.05, 4.69) is 29.5 Å². The number of carbonyl (C=O) groups is 2. The molecule has 14 heavy (non-hydrogen) atoms. The number of carboxylic acid groups (broad SMARTS) is 2. The molecule has 0 heterocycles. The first-order valence-electron chi connectivity index (χ1n) is 2.65. The third-order valence-corrected chi connectivity index (χ3v) is 0.183. The summed E-state index contributed by atoms with van der Waals surface area (Å²) in [6.07, 6.45) is 0. The normalized spacial score (nSPS) is 6.36. The van der Waals surface area contributed by atoms with Crippen molar-refractivity contribution in [2.75, 3.05) is 4.43 Å². The Kier molecular flexibility index (Phi) is 32.1. The molecule has 7 nitrogen and oxygen atoms in total. The first kappa shape index (κ1) is 23.8. The molecule has 0 aliphatic heterocycles. The zero-order chi connectivity index (χ0) is 11.4. The molecule has 0 bridgehead atoms. The summed E-state index contributed by atoms with van der Waals surface area (Å²) in [6.45, 7) is 3.47. The fourth-order valence-corrected chi connectivity index (χ4v) is 0. The number of hydrogen-bond acceptors (Lipinski definition) is 5. The van der Waals surface area contributed by atoms with Crippen molar-refractivity contribution in [2.45, 2.75) is 0 Å². The Morgan fingerprint density at radius 1 is 1.14 bits per heavy atom. The zero-order valence-electron chi connectivity index (χ0n) is 7.42. The molecule has 0 rings (SSSR count). The summed E-state index contributed by atoms with van der Waals surface area (Å²) in [4.78, 5) is 18.2. The maximum atomic E-state index is 9.10. The van der Waals surface area contributed by atoms with Crippen molar-refractivity contribution in [1.29, 1.82) is 0 Å². The average molecular weight is 314 g/mol. The van der Waals surface area contributed by atoms with E-state index in [0.717, 1.165) is 4.43 Å². The summed E-state index contributed by atoms with van der Waals surface area (Å²) in [5, 5.41) is 36.3. The van der Waals surface area contributed by atoms with E-state index in [9.17, 15) is 0 Å². The molecule has 0 radical (unpaired) electrons. The first-order chi connectivity index (χ1) is 5.79. The van der Waals surface area contributed by atoms with Crippen molar-refractivity contribution in [2.24, 2.45) is 0 Å². The second-order valence-corrected chi connectivity index (χ2v) is 2.22. The Morgan fingerprint density at radius 2 is 1.21 bits per heavy atom. The summed E-state index contributed by atoms with van der Waals surface area (Å²) in [5.41, 5.74) is 0. The maximum absolute atomic E-state index is 9.10. The molecule has 0 amide bonds. The van der Waals surface area contributed by atoms with Crippen LogP contribution in [0.15, 0.2) is 0 Å². The monoisotopic (exact) mass is 314 g/mol. The molecular formula is C4H9BILiO7. The van der Waals surface area contributed by atoms with Gasteiger partial charge >= 0.3 is 38.1 Å². The van der Waals surface area contributed by atoms with Crippen molar-refractivity contribution in [3.63, 3.8) is 0 Å². The summed E-state index contributed by atoms with van der Waals surface area (Å²) < 4.78 is 0.970. The van der Waals surface area contributed by atoms with Gasteiger partial charge in [0.15, 0.2) is 0 Å². The van der Waals surface area contributed by atoms with E-state index in [0.29, 0.717) is 0 Å². The SMILES string of the molecule is O=C(O)C(=O)O.OB(O)O.[CH2-]CI.[Li+]. The fourth-order valence-electron chi connectivity index (χ4n) is 0. The smallest absolute Gasteiger partial charge is 0.473 e. The van der Waals surface area contributed by atoms with Crippen LogP contribution in [0.5, 0.6) is 0 Å². The van der Waals surface area contributed by atoms with E-state index in [1.807, 2.05) is 0 Å². The average Bonchev–Trinajstić information content (AvgIpc) is 1.87. The predicted molar refractivity (Wildman–Crippen MR) is 51.9 cm³/mol. The largest absolute Gasteiger partial charge is 1.00 e. The topological polar surface area (TPSA) is 135 Å². The third kappa shape index (κ3) is 86.5. The Labute approximate surface area is 107 Å². The van der Waals surface area contributed by atoms with Crippen LogP contribution in [0.2, 0.25) is 0 Å². The van der Waals surface area contributed by atoms with Crippen LogP contribution in [-0.2, 0) is 9.59 Å². The van der Waals surface area contributed by atoms with E-state index >= 15 is 0 Å². The van der Waals surface area contributed by atoms with E-state index in [1.54, 1.807) is 0 Å². The fraction of sp³-hybridized carbons (Fsp3) is 0.250. The molecular weight excluding hydrogens is 305 g/mol. The summed E-state index contributed by atoms with van der Waals surface area (Å²) in [5.74, 6) is -3.65. The molecule has 10 heteroatoms. The van der Waals surface area contributed by atoms with Crippen molar-refractivity contribution in [3.8, 4) is 0 Å². The second-order valence-electron chi connectivity index (χ2n) is 1.15. The van der Waals surface area contributed by atoms with Gasteiger partial charge in [-0.05, 0) is 0 Å². The minimum atomic E-state index is -2.17. The van der Waals surface area contributed by atoms with E-state index in [-0.39, 0.29) is 18.9 Å². The molecule has 5 N–H and O–H groups in total. The molecule has 0 aromatic carbocycles. The van der Waals surface area contributed by atoms with Crippen molar-refractivity contribution in [3.05, 3.63) is 6.92 Å². The Morgan fingerprint density at radius 3 is 1.21 bits per heavy atom. The molecule has 0 fully saturated rings. The molecule has 0 aliphatic carbocycles. The number of rotatable bonds is 0. The van der Waals surface area contributed by atoms with Crippen LogP contribution in [0.3, 0.4) is 0 Å². The molecule has 0 unspecified atom stereocenters. The molecule has 0 saturated heterocycles. The van der Waals surface area contributed by atoms with Gasteiger partial charge in [0, 0.05) is 0 Å². The van der Waals surface area contributed by atoms with Gasteiger partial charge in [0.25, 0.3) is 0 Å². The number of hydrogen-bond donors (Lipinski definition) is 5. The molecule has 78 valence electrons. The van der Waals surface area contributed by atoms with Crippen LogP contribution < -0.4 is 18.9 Å². The molecule has 0 atom stereocenters. The van der Waals surface area contributed by atoms with Crippen LogP contribution in [0.1, 0.15) is 0 Å². The van der Waals surface area contributed by atoms with Crippen LogP contribution >= 0.6 is 22.6 Å². The van der Waals surface area contributed by atoms with Crippen LogP contribution in [0.25, 0.3) is 0 Å². The Hall–Kier alpha value is 0.212.